The van der Waals surface area contributed by atoms with Gasteiger partial charge < -0.3 is 14.8 Å². The van der Waals surface area contributed by atoms with Crippen LogP contribution in [0, 0.1) is 12.3 Å². The maximum absolute atomic E-state index is 10.9. The first-order chi connectivity index (χ1) is 9.00. The van der Waals surface area contributed by atoms with Crippen molar-refractivity contribution in [3.8, 4) is 0 Å². The molecule has 2 N–H and O–H groups in total. The Morgan fingerprint density at radius 1 is 1.42 bits per heavy atom. The van der Waals surface area contributed by atoms with Crippen molar-refractivity contribution in [1.82, 2.24) is 5.32 Å². The first-order valence-corrected chi connectivity index (χ1v) is 7.03. The molecule has 0 saturated heterocycles. The van der Waals surface area contributed by atoms with Crippen LogP contribution in [-0.4, -0.2) is 17.6 Å². The molecule has 0 unspecified atom stereocenters. The number of aryl methyl sites for hydroxylation is 1. The average Bonchev–Trinajstić information content (AvgIpc) is 2.71. The maximum Gasteiger partial charge on any atom is 0.372 e. The quantitative estimate of drug-likeness (QED) is 0.857. The molecule has 0 bridgehead atoms. The molecule has 1 saturated carbocycles. The van der Waals surface area contributed by atoms with E-state index in [1.54, 1.807) is 13.0 Å². The molecule has 1 aliphatic carbocycles. The van der Waals surface area contributed by atoms with Crippen LogP contribution in [0.25, 0.3) is 0 Å². The van der Waals surface area contributed by atoms with Crippen LogP contribution in [0.3, 0.4) is 0 Å². The third-order valence-electron chi connectivity index (χ3n) is 4.07. The number of hydrogen-bond donors (Lipinski definition) is 2. The maximum atomic E-state index is 10.9. The van der Waals surface area contributed by atoms with Crippen molar-refractivity contribution in [3.05, 3.63) is 23.2 Å². The van der Waals surface area contributed by atoms with Gasteiger partial charge in [-0.05, 0) is 31.2 Å². The molecule has 0 aliphatic heterocycles. The van der Waals surface area contributed by atoms with Crippen molar-refractivity contribution in [2.75, 3.05) is 6.54 Å². The van der Waals surface area contributed by atoms with Gasteiger partial charge in [0.1, 0.15) is 5.76 Å². The summed E-state index contributed by atoms with van der Waals surface area (Å²) in [6, 6.07) is 1.81. The fourth-order valence-electron chi connectivity index (χ4n) is 2.92. The van der Waals surface area contributed by atoms with Crippen molar-refractivity contribution in [3.63, 3.8) is 0 Å². The lowest BCUT2D eigenvalue weighted by Crippen LogP contribution is -2.33. The summed E-state index contributed by atoms with van der Waals surface area (Å²) in [5, 5.41) is 12.3. The molecular formula is C15H23NO3. The van der Waals surface area contributed by atoms with Gasteiger partial charge in [0.2, 0.25) is 5.76 Å². The molecule has 0 amide bonds. The molecule has 106 valence electrons. The van der Waals surface area contributed by atoms with Gasteiger partial charge in [0.15, 0.2) is 0 Å². The minimum atomic E-state index is -0.997. The molecule has 0 spiro atoms. The SMILES string of the molecule is Cc1cc(CNCC2(C)CCCCC2)oc1C(=O)O. The summed E-state index contributed by atoms with van der Waals surface area (Å²) in [6.45, 7) is 5.66. The van der Waals surface area contributed by atoms with Crippen molar-refractivity contribution in [2.45, 2.75) is 52.5 Å². The highest BCUT2D eigenvalue weighted by atomic mass is 16.4. The Kier molecular flexibility index (Phi) is 4.30. The summed E-state index contributed by atoms with van der Waals surface area (Å²) in [5.41, 5.74) is 1.07. The van der Waals surface area contributed by atoms with E-state index in [4.69, 9.17) is 9.52 Å². The molecule has 0 radical (unpaired) electrons. The second-order valence-electron chi connectivity index (χ2n) is 6.00. The monoisotopic (exact) mass is 265 g/mol. The van der Waals surface area contributed by atoms with E-state index in [0.29, 0.717) is 23.3 Å². The summed E-state index contributed by atoms with van der Waals surface area (Å²) in [6.07, 6.45) is 6.55. The Balaban J connectivity index is 1.85. The van der Waals surface area contributed by atoms with E-state index in [9.17, 15) is 4.79 Å². The van der Waals surface area contributed by atoms with E-state index < -0.39 is 5.97 Å². The number of aromatic carboxylic acids is 1. The highest BCUT2D eigenvalue weighted by Crippen LogP contribution is 2.34. The third-order valence-corrected chi connectivity index (χ3v) is 4.07. The van der Waals surface area contributed by atoms with Gasteiger partial charge in [0, 0.05) is 12.1 Å². The van der Waals surface area contributed by atoms with Crippen LogP contribution < -0.4 is 5.32 Å². The summed E-state index contributed by atoms with van der Waals surface area (Å²) in [5.74, 6) is -0.238. The number of hydrogen-bond acceptors (Lipinski definition) is 3. The molecule has 19 heavy (non-hydrogen) atoms. The van der Waals surface area contributed by atoms with Crippen LogP contribution >= 0.6 is 0 Å². The van der Waals surface area contributed by atoms with Crippen LogP contribution in [0.4, 0.5) is 0 Å². The topological polar surface area (TPSA) is 62.5 Å². The number of carboxylic acids is 1. The first-order valence-electron chi connectivity index (χ1n) is 7.03. The molecule has 4 heteroatoms. The average molecular weight is 265 g/mol. The Labute approximate surface area is 114 Å². The fraction of sp³-hybridized carbons (Fsp3) is 0.667. The number of carbonyl (C=O) groups is 1. The summed E-state index contributed by atoms with van der Waals surface area (Å²) < 4.78 is 5.34. The van der Waals surface area contributed by atoms with Gasteiger partial charge in [-0.25, -0.2) is 4.79 Å². The van der Waals surface area contributed by atoms with Gasteiger partial charge in [0.25, 0.3) is 0 Å². The molecule has 1 aromatic heterocycles. The summed E-state index contributed by atoms with van der Waals surface area (Å²) >= 11 is 0. The Morgan fingerprint density at radius 2 is 2.11 bits per heavy atom. The smallest absolute Gasteiger partial charge is 0.372 e. The van der Waals surface area contributed by atoms with Crippen molar-refractivity contribution in [2.24, 2.45) is 5.41 Å². The molecular weight excluding hydrogens is 242 g/mol. The van der Waals surface area contributed by atoms with Crippen LogP contribution in [-0.2, 0) is 6.54 Å². The lowest BCUT2D eigenvalue weighted by Gasteiger charge is -2.33. The van der Waals surface area contributed by atoms with Crippen LogP contribution in [0.2, 0.25) is 0 Å². The van der Waals surface area contributed by atoms with Gasteiger partial charge in [-0.3, -0.25) is 0 Å². The summed E-state index contributed by atoms with van der Waals surface area (Å²) in [4.78, 5) is 10.9. The van der Waals surface area contributed by atoms with E-state index in [-0.39, 0.29) is 5.76 Å². The van der Waals surface area contributed by atoms with Gasteiger partial charge in [-0.1, -0.05) is 26.2 Å². The van der Waals surface area contributed by atoms with Crippen LogP contribution in [0.15, 0.2) is 10.5 Å². The van der Waals surface area contributed by atoms with E-state index in [1.165, 1.54) is 32.1 Å². The van der Waals surface area contributed by atoms with Crippen molar-refractivity contribution in [1.29, 1.82) is 0 Å². The first kappa shape index (κ1) is 14.1. The molecule has 4 nitrogen and oxygen atoms in total. The molecule has 2 rings (SSSR count). The second-order valence-corrected chi connectivity index (χ2v) is 6.00. The normalized spacial score (nSPS) is 18.4. The van der Waals surface area contributed by atoms with E-state index in [2.05, 4.69) is 12.2 Å². The van der Waals surface area contributed by atoms with Crippen molar-refractivity contribution < 1.29 is 14.3 Å². The Morgan fingerprint density at radius 3 is 2.68 bits per heavy atom. The molecule has 1 aliphatic rings. The number of carboxylic acid groups (broad SMARTS) is 1. The van der Waals surface area contributed by atoms with Crippen LogP contribution in [0.1, 0.15) is 60.9 Å². The van der Waals surface area contributed by atoms with Gasteiger partial charge in [-0.2, -0.15) is 0 Å². The predicted octanol–water partition coefficient (Wildman–Crippen LogP) is 3.35. The summed E-state index contributed by atoms with van der Waals surface area (Å²) in [7, 11) is 0. The minimum absolute atomic E-state index is 0.0562. The largest absolute Gasteiger partial charge is 0.475 e. The molecule has 0 atom stereocenters. The lowest BCUT2D eigenvalue weighted by molar-refractivity contribution is 0.0659. The predicted molar refractivity (Wildman–Crippen MR) is 73.3 cm³/mol. The lowest BCUT2D eigenvalue weighted by atomic mass is 9.76. The van der Waals surface area contributed by atoms with Gasteiger partial charge in [0.05, 0.1) is 6.54 Å². The van der Waals surface area contributed by atoms with Gasteiger partial charge in [-0.15, -0.1) is 0 Å². The van der Waals surface area contributed by atoms with Gasteiger partial charge >= 0.3 is 5.97 Å². The molecule has 1 heterocycles. The fourth-order valence-corrected chi connectivity index (χ4v) is 2.92. The minimum Gasteiger partial charge on any atom is -0.475 e. The molecule has 1 aromatic rings. The molecule has 0 aromatic carbocycles. The Hall–Kier alpha value is -1.29. The second kappa shape index (κ2) is 5.78. The van der Waals surface area contributed by atoms with E-state index in [1.807, 2.05) is 0 Å². The highest BCUT2D eigenvalue weighted by molar-refractivity contribution is 5.86. The Bertz CT molecular complexity index is 444. The zero-order valence-electron chi connectivity index (χ0n) is 11.8. The zero-order valence-corrected chi connectivity index (χ0v) is 11.8. The van der Waals surface area contributed by atoms with Crippen molar-refractivity contribution >= 4 is 5.97 Å². The number of nitrogens with one attached hydrogen (secondary N) is 1. The zero-order chi connectivity index (χ0) is 13.9. The van der Waals surface area contributed by atoms with E-state index in [0.717, 1.165) is 6.54 Å². The van der Waals surface area contributed by atoms with Crippen LogP contribution in [0.5, 0.6) is 0 Å². The molecule has 1 fully saturated rings. The standard InChI is InChI=1S/C15H23NO3/c1-11-8-12(19-13(11)14(17)18)9-16-10-15(2)6-4-3-5-7-15/h8,16H,3-7,9-10H2,1-2H3,(H,17,18). The third kappa shape index (κ3) is 3.60. The van der Waals surface area contributed by atoms with E-state index >= 15 is 0 Å². The highest BCUT2D eigenvalue weighted by Gasteiger charge is 2.26. The number of rotatable bonds is 5. The number of furan rings is 1.